The van der Waals surface area contributed by atoms with Gasteiger partial charge in [-0.05, 0) is 23.1 Å². The van der Waals surface area contributed by atoms with E-state index in [2.05, 4.69) is 27.1 Å². The molecule has 2 heterocycles. The average molecular weight is 438 g/mol. The lowest BCUT2D eigenvalue weighted by Gasteiger charge is -2.33. The van der Waals surface area contributed by atoms with Crippen molar-refractivity contribution in [3.8, 4) is 0 Å². The molecule has 0 saturated carbocycles. The number of halogens is 1. The van der Waals surface area contributed by atoms with Crippen LogP contribution in [0, 0.1) is 5.82 Å². The number of allylic oxidation sites excluding steroid dienone is 1. The number of hydrogen-bond donors (Lipinski definition) is 1. The number of carbonyl (C=O) groups excluding carboxylic acids is 1. The molecule has 8 heteroatoms. The molecular weight excluding hydrogens is 409 g/mol. The minimum absolute atomic E-state index is 0.0865. The zero-order valence-electron chi connectivity index (χ0n) is 16.7. The summed E-state index contributed by atoms with van der Waals surface area (Å²) in [5, 5.41) is 5.45. The van der Waals surface area contributed by atoms with Gasteiger partial charge in [0.05, 0.1) is 12.7 Å². The van der Waals surface area contributed by atoms with E-state index in [0.717, 1.165) is 48.6 Å². The molecule has 1 N–H and O–H groups in total. The highest BCUT2D eigenvalue weighted by Gasteiger charge is 2.24. The second kappa shape index (κ2) is 11.1. The first-order chi connectivity index (χ1) is 14.0. The van der Waals surface area contributed by atoms with Crippen molar-refractivity contribution in [3.05, 3.63) is 59.0 Å². The second-order valence-electron chi connectivity index (χ2n) is 7.19. The molecule has 0 amide bonds. The lowest BCUT2D eigenvalue weighted by atomic mass is 10.2. The Morgan fingerprint density at radius 1 is 1.52 bits per heavy atom. The highest BCUT2D eigenvalue weighted by molar-refractivity contribution is 8.18. The molecular formula is C21H28FN3O2S2. The fraction of sp³-hybridized carbons (Fsp3) is 0.476. The van der Waals surface area contributed by atoms with E-state index in [1.807, 2.05) is 13.1 Å². The smallest absolute Gasteiger partial charge is 0.126 e. The molecule has 2 unspecified atom stereocenters. The van der Waals surface area contributed by atoms with Crippen LogP contribution >= 0.6 is 23.5 Å². The number of morpholine rings is 1. The van der Waals surface area contributed by atoms with Gasteiger partial charge in [-0.1, -0.05) is 30.5 Å². The first-order valence-corrected chi connectivity index (χ1v) is 11.7. The first-order valence-electron chi connectivity index (χ1n) is 9.68. The van der Waals surface area contributed by atoms with Crippen LogP contribution in [-0.4, -0.2) is 65.9 Å². The van der Waals surface area contributed by atoms with Gasteiger partial charge in [-0.25, -0.2) is 4.39 Å². The normalized spacial score (nSPS) is 22.4. The van der Waals surface area contributed by atoms with Crippen molar-refractivity contribution in [1.82, 2.24) is 15.1 Å². The van der Waals surface area contributed by atoms with Crippen LogP contribution in [-0.2, 0) is 16.1 Å². The number of aldehydes is 1. The van der Waals surface area contributed by atoms with E-state index in [0.29, 0.717) is 19.6 Å². The van der Waals surface area contributed by atoms with E-state index < -0.39 is 0 Å². The topological polar surface area (TPSA) is 44.8 Å². The maximum atomic E-state index is 13.4. The largest absolute Gasteiger partial charge is 0.385 e. The molecule has 2 atom stereocenters. The SMILES string of the molecule is C=C(CSC1SC=C(CC=O)N1C)NCC1CN(Cc2cccc(F)c2)CCO1. The third-order valence-electron chi connectivity index (χ3n) is 4.88. The summed E-state index contributed by atoms with van der Waals surface area (Å²) in [7, 11) is 2.02. The lowest BCUT2D eigenvalue weighted by molar-refractivity contribution is -0.107. The van der Waals surface area contributed by atoms with Crippen LogP contribution in [0.15, 0.2) is 47.6 Å². The zero-order valence-corrected chi connectivity index (χ0v) is 18.3. The van der Waals surface area contributed by atoms with Crippen molar-refractivity contribution in [1.29, 1.82) is 0 Å². The van der Waals surface area contributed by atoms with Crippen LogP contribution in [0.2, 0.25) is 0 Å². The molecule has 0 bridgehead atoms. The van der Waals surface area contributed by atoms with Gasteiger partial charge >= 0.3 is 0 Å². The Labute approximate surface area is 180 Å². The quantitative estimate of drug-likeness (QED) is 0.564. The Hall–Kier alpha value is -1.48. The van der Waals surface area contributed by atoms with Gasteiger partial charge < -0.3 is 19.7 Å². The number of ether oxygens (including phenoxy) is 1. The summed E-state index contributed by atoms with van der Waals surface area (Å²) in [6.45, 7) is 7.91. The third kappa shape index (κ3) is 6.77. The van der Waals surface area contributed by atoms with Crippen LogP contribution < -0.4 is 5.32 Å². The van der Waals surface area contributed by atoms with Gasteiger partial charge in [-0.15, -0.1) is 11.8 Å². The molecule has 3 rings (SSSR count). The van der Waals surface area contributed by atoms with Crippen molar-refractivity contribution in [2.24, 2.45) is 0 Å². The standard InChI is InChI=1S/C21H28FN3O2S2/c1-16(14-28-21-24(2)19(6-8-26)15-29-21)23-11-20-13-25(7-9-27-20)12-17-4-3-5-18(22)10-17/h3-5,8,10,15,20-21,23H,1,6-7,9,11-14H2,2H3. The molecule has 1 fully saturated rings. The molecule has 0 spiro atoms. The fourth-order valence-corrected chi connectivity index (χ4v) is 5.64. The van der Waals surface area contributed by atoms with Gasteiger partial charge in [0, 0.05) is 56.8 Å². The monoisotopic (exact) mass is 437 g/mol. The van der Waals surface area contributed by atoms with Gasteiger partial charge in [-0.2, -0.15) is 0 Å². The number of carbonyl (C=O) groups is 1. The number of thioether (sulfide) groups is 2. The lowest BCUT2D eigenvalue weighted by Crippen LogP contribution is -2.46. The molecule has 1 saturated heterocycles. The summed E-state index contributed by atoms with van der Waals surface area (Å²) in [5.74, 6) is 0.603. The molecule has 0 aromatic heterocycles. The number of nitrogens with zero attached hydrogens (tertiary/aromatic N) is 2. The van der Waals surface area contributed by atoms with E-state index in [1.54, 1.807) is 35.7 Å². The highest BCUT2D eigenvalue weighted by atomic mass is 32.2. The molecule has 1 aromatic rings. The van der Waals surface area contributed by atoms with E-state index in [-0.39, 0.29) is 16.6 Å². The summed E-state index contributed by atoms with van der Waals surface area (Å²) in [5.41, 5.74) is 3.02. The summed E-state index contributed by atoms with van der Waals surface area (Å²) < 4.78 is 19.5. The summed E-state index contributed by atoms with van der Waals surface area (Å²) in [6, 6.07) is 6.77. The molecule has 2 aliphatic rings. The molecule has 0 radical (unpaired) electrons. The number of rotatable bonds is 10. The summed E-state index contributed by atoms with van der Waals surface area (Å²) >= 11 is 3.52. The summed E-state index contributed by atoms with van der Waals surface area (Å²) in [4.78, 5) is 15.2. The number of nitrogens with one attached hydrogen (secondary N) is 1. The fourth-order valence-electron chi connectivity index (χ4n) is 3.30. The van der Waals surface area contributed by atoms with Crippen molar-refractivity contribution >= 4 is 29.8 Å². The van der Waals surface area contributed by atoms with Crippen LogP contribution in [0.4, 0.5) is 4.39 Å². The van der Waals surface area contributed by atoms with Crippen molar-refractivity contribution in [2.45, 2.75) is 23.8 Å². The van der Waals surface area contributed by atoms with Crippen LogP contribution in [0.1, 0.15) is 12.0 Å². The Morgan fingerprint density at radius 2 is 2.38 bits per heavy atom. The Bertz CT molecular complexity index is 746. The second-order valence-corrected chi connectivity index (χ2v) is 9.51. The molecule has 0 aliphatic carbocycles. The van der Waals surface area contributed by atoms with E-state index in [4.69, 9.17) is 4.74 Å². The van der Waals surface area contributed by atoms with Crippen molar-refractivity contribution in [3.63, 3.8) is 0 Å². The maximum Gasteiger partial charge on any atom is 0.126 e. The highest BCUT2D eigenvalue weighted by Crippen LogP contribution is 2.37. The van der Waals surface area contributed by atoms with Crippen LogP contribution in [0.3, 0.4) is 0 Å². The molecule has 2 aliphatic heterocycles. The van der Waals surface area contributed by atoms with Gasteiger partial charge in [-0.3, -0.25) is 4.90 Å². The Balaban J connectivity index is 1.36. The average Bonchev–Trinajstić information content (AvgIpc) is 3.05. The van der Waals surface area contributed by atoms with Gasteiger partial charge in [0.15, 0.2) is 0 Å². The predicted molar refractivity (Wildman–Crippen MR) is 119 cm³/mol. The third-order valence-corrected chi connectivity index (χ3v) is 7.70. The minimum atomic E-state index is -0.192. The predicted octanol–water partition coefficient (Wildman–Crippen LogP) is 3.26. The van der Waals surface area contributed by atoms with Crippen LogP contribution in [0.5, 0.6) is 0 Å². The molecule has 29 heavy (non-hydrogen) atoms. The van der Waals surface area contributed by atoms with Gasteiger partial charge in [0.1, 0.15) is 16.8 Å². The number of hydrogen-bond acceptors (Lipinski definition) is 7. The summed E-state index contributed by atoms with van der Waals surface area (Å²) in [6.07, 6.45) is 1.49. The zero-order chi connectivity index (χ0) is 20.6. The molecule has 1 aromatic carbocycles. The Kier molecular flexibility index (Phi) is 8.47. The molecule has 158 valence electrons. The maximum absolute atomic E-state index is 13.4. The molecule has 5 nitrogen and oxygen atoms in total. The first kappa shape index (κ1) is 22.2. The minimum Gasteiger partial charge on any atom is -0.385 e. The van der Waals surface area contributed by atoms with E-state index >= 15 is 0 Å². The van der Waals surface area contributed by atoms with E-state index in [1.165, 1.54) is 6.07 Å². The van der Waals surface area contributed by atoms with Gasteiger partial charge in [0.25, 0.3) is 0 Å². The number of benzene rings is 1. The van der Waals surface area contributed by atoms with Crippen molar-refractivity contribution in [2.75, 3.05) is 39.0 Å². The van der Waals surface area contributed by atoms with E-state index in [9.17, 15) is 9.18 Å². The van der Waals surface area contributed by atoms with Gasteiger partial charge in [0.2, 0.25) is 0 Å². The van der Waals surface area contributed by atoms with Crippen molar-refractivity contribution < 1.29 is 13.9 Å². The Morgan fingerprint density at radius 3 is 3.17 bits per heavy atom. The van der Waals surface area contributed by atoms with Crippen LogP contribution in [0.25, 0.3) is 0 Å².